The fourth-order valence-corrected chi connectivity index (χ4v) is 2.04. The summed E-state index contributed by atoms with van der Waals surface area (Å²) in [4.78, 5) is 8.43. The number of halogens is 1. The van der Waals surface area contributed by atoms with Crippen LogP contribution in [0.25, 0.3) is 22.8 Å². The van der Waals surface area contributed by atoms with Gasteiger partial charge in [-0.2, -0.15) is 4.98 Å². The van der Waals surface area contributed by atoms with Crippen molar-refractivity contribution in [2.75, 3.05) is 0 Å². The Hall–Kier alpha value is -2.20. The first-order valence-corrected chi connectivity index (χ1v) is 6.54. The highest BCUT2D eigenvalue weighted by Crippen LogP contribution is 2.25. The zero-order chi connectivity index (χ0) is 14.1. The summed E-state index contributed by atoms with van der Waals surface area (Å²) in [6.07, 6.45) is 1.61. The van der Waals surface area contributed by atoms with Gasteiger partial charge >= 0.3 is 0 Å². The van der Waals surface area contributed by atoms with E-state index in [-0.39, 0.29) is 0 Å². The highest BCUT2D eigenvalue weighted by Gasteiger charge is 2.12. The Labute approximate surface area is 121 Å². The molecule has 0 unspecified atom stereocenters. The fraction of sp³-hybridized carbons (Fsp3) is 0.133. The normalized spacial score (nSPS) is 10.8. The SMILES string of the molecule is Cc1ccc(C)c(-c2noc(-c3ccc(Cl)nc3)n2)c1. The molecule has 0 aliphatic rings. The third kappa shape index (κ3) is 2.42. The van der Waals surface area contributed by atoms with Crippen molar-refractivity contribution >= 4 is 11.6 Å². The van der Waals surface area contributed by atoms with Crippen molar-refractivity contribution in [3.63, 3.8) is 0 Å². The quantitative estimate of drug-likeness (QED) is 0.666. The zero-order valence-corrected chi connectivity index (χ0v) is 11.8. The van der Waals surface area contributed by atoms with Gasteiger partial charge in [0.1, 0.15) is 5.15 Å². The number of hydrogen-bond donors (Lipinski definition) is 0. The third-order valence-corrected chi connectivity index (χ3v) is 3.26. The predicted molar refractivity (Wildman–Crippen MR) is 77.4 cm³/mol. The molecular weight excluding hydrogens is 274 g/mol. The molecule has 2 heterocycles. The summed E-state index contributed by atoms with van der Waals surface area (Å²) in [7, 11) is 0. The molecule has 0 radical (unpaired) electrons. The molecule has 3 aromatic rings. The molecule has 0 amide bonds. The second-order valence-electron chi connectivity index (χ2n) is 4.61. The maximum atomic E-state index is 5.76. The molecule has 0 spiro atoms. The Kier molecular flexibility index (Phi) is 3.24. The Bertz CT molecular complexity index is 750. The first kappa shape index (κ1) is 12.8. The van der Waals surface area contributed by atoms with Crippen LogP contribution in [0.2, 0.25) is 5.15 Å². The number of benzene rings is 1. The molecule has 5 heteroatoms. The van der Waals surface area contributed by atoms with Crippen LogP contribution in [0.15, 0.2) is 41.1 Å². The van der Waals surface area contributed by atoms with E-state index in [1.165, 1.54) is 0 Å². The lowest BCUT2D eigenvalue weighted by molar-refractivity contribution is 0.432. The van der Waals surface area contributed by atoms with Gasteiger partial charge in [0.05, 0.1) is 5.56 Å². The van der Waals surface area contributed by atoms with Crippen LogP contribution in [0.3, 0.4) is 0 Å². The predicted octanol–water partition coefficient (Wildman–Crippen LogP) is 4.07. The summed E-state index contributed by atoms with van der Waals surface area (Å²) in [5.41, 5.74) is 3.99. The zero-order valence-electron chi connectivity index (χ0n) is 11.1. The molecular formula is C15H12ClN3O. The summed E-state index contributed by atoms with van der Waals surface area (Å²) in [6, 6.07) is 9.64. The number of rotatable bonds is 2. The average molecular weight is 286 g/mol. The number of aromatic nitrogens is 3. The molecule has 0 atom stereocenters. The van der Waals surface area contributed by atoms with E-state index in [0.29, 0.717) is 16.9 Å². The highest BCUT2D eigenvalue weighted by molar-refractivity contribution is 6.29. The summed E-state index contributed by atoms with van der Waals surface area (Å²) in [5, 5.41) is 4.47. The van der Waals surface area contributed by atoms with E-state index in [0.717, 1.165) is 22.3 Å². The summed E-state index contributed by atoms with van der Waals surface area (Å²) < 4.78 is 5.30. The van der Waals surface area contributed by atoms with Gasteiger partial charge in [-0.3, -0.25) is 0 Å². The molecule has 20 heavy (non-hydrogen) atoms. The first-order chi connectivity index (χ1) is 9.63. The molecule has 2 aromatic heterocycles. The Morgan fingerprint density at radius 2 is 1.95 bits per heavy atom. The van der Waals surface area contributed by atoms with E-state index >= 15 is 0 Å². The van der Waals surface area contributed by atoms with E-state index in [4.69, 9.17) is 16.1 Å². The lowest BCUT2D eigenvalue weighted by atomic mass is 10.1. The maximum Gasteiger partial charge on any atom is 0.259 e. The summed E-state index contributed by atoms with van der Waals surface area (Å²) >= 11 is 5.76. The van der Waals surface area contributed by atoms with Crippen LogP contribution >= 0.6 is 11.6 Å². The molecule has 0 saturated carbocycles. The largest absolute Gasteiger partial charge is 0.334 e. The molecule has 0 fully saturated rings. The van der Waals surface area contributed by atoms with Crippen LogP contribution in [0.1, 0.15) is 11.1 Å². The van der Waals surface area contributed by atoms with E-state index in [2.05, 4.69) is 21.2 Å². The van der Waals surface area contributed by atoms with E-state index in [9.17, 15) is 0 Å². The molecule has 4 nitrogen and oxygen atoms in total. The Morgan fingerprint density at radius 1 is 1.10 bits per heavy atom. The minimum atomic E-state index is 0.433. The molecule has 1 aromatic carbocycles. The van der Waals surface area contributed by atoms with Crippen LogP contribution in [-0.2, 0) is 0 Å². The van der Waals surface area contributed by atoms with Crippen molar-refractivity contribution in [2.45, 2.75) is 13.8 Å². The van der Waals surface area contributed by atoms with Gasteiger partial charge in [-0.05, 0) is 37.6 Å². The number of pyridine rings is 1. The topological polar surface area (TPSA) is 51.8 Å². The molecule has 3 rings (SSSR count). The van der Waals surface area contributed by atoms with Gasteiger partial charge in [0, 0.05) is 11.8 Å². The van der Waals surface area contributed by atoms with E-state index in [1.807, 2.05) is 26.0 Å². The number of hydrogen-bond acceptors (Lipinski definition) is 4. The van der Waals surface area contributed by atoms with Gasteiger partial charge in [-0.25, -0.2) is 4.98 Å². The molecule has 0 N–H and O–H groups in total. The minimum absolute atomic E-state index is 0.433. The van der Waals surface area contributed by atoms with Crippen LogP contribution in [0.4, 0.5) is 0 Å². The van der Waals surface area contributed by atoms with Crippen molar-refractivity contribution in [1.82, 2.24) is 15.1 Å². The van der Waals surface area contributed by atoms with Crippen molar-refractivity contribution in [2.24, 2.45) is 0 Å². The average Bonchev–Trinajstić information content (AvgIpc) is 2.92. The van der Waals surface area contributed by atoms with Crippen LogP contribution in [0, 0.1) is 13.8 Å². The number of aryl methyl sites for hydroxylation is 2. The molecule has 0 aliphatic heterocycles. The Balaban J connectivity index is 2.01. The first-order valence-electron chi connectivity index (χ1n) is 6.17. The van der Waals surface area contributed by atoms with Crippen LogP contribution < -0.4 is 0 Å². The minimum Gasteiger partial charge on any atom is -0.334 e. The van der Waals surface area contributed by atoms with Crippen molar-refractivity contribution in [3.05, 3.63) is 52.8 Å². The fourth-order valence-electron chi connectivity index (χ4n) is 1.93. The van der Waals surface area contributed by atoms with Gasteiger partial charge in [0.2, 0.25) is 5.82 Å². The second kappa shape index (κ2) is 5.06. The molecule has 100 valence electrons. The second-order valence-corrected chi connectivity index (χ2v) is 5.00. The van der Waals surface area contributed by atoms with E-state index < -0.39 is 0 Å². The van der Waals surface area contributed by atoms with Gasteiger partial charge in [0.15, 0.2) is 0 Å². The van der Waals surface area contributed by atoms with Gasteiger partial charge in [-0.1, -0.05) is 34.5 Å². The monoisotopic (exact) mass is 285 g/mol. The van der Waals surface area contributed by atoms with Crippen molar-refractivity contribution in [3.8, 4) is 22.8 Å². The Morgan fingerprint density at radius 3 is 2.70 bits per heavy atom. The van der Waals surface area contributed by atoms with Crippen LogP contribution in [-0.4, -0.2) is 15.1 Å². The maximum absolute atomic E-state index is 5.76. The number of nitrogens with zero attached hydrogens (tertiary/aromatic N) is 3. The van der Waals surface area contributed by atoms with Crippen molar-refractivity contribution < 1.29 is 4.52 Å². The molecule has 0 aliphatic carbocycles. The summed E-state index contributed by atoms with van der Waals surface area (Å²) in [5.74, 6) is 1.02. The van der Waals surface area contributed by atoms with Gasteiger partial charge < -0.3 is 4.52 Å². The standard InChI is InChI=1S/C15H12ClN3O/c1-9-3-4-10(2)12(7-9)14-18-15(20-19-14)11-5-6-13(16)17-8-11/h3-8H,1-2H3. The lowest BCUT2D eigenvalue weighted by Gasteiger charge is -2.01. The van der Waals surface area contributed by atoms with Gasteiger partial charge in [-0.15, -0.1) is 0 Å². The van der Waals surface area contributed by atoms with Crippen LogP contribution in [0.5, 0.6) is 0 Å². The third-order valence-electron chi connectivity index (χ3n) is 3.03. The lowest BCUT2D eigenvalue weighted by Crippen LogP contribution is -1.87. The molecule has 0 bridgehead atoms. The highest BCUT2D eigenvalue weighted by atomic mass is 35.5. The van der Waals surface area contributed by atoms with Gasteiger partial charge in [0.25, 0.3) is 5.89 Å². The summed E-state index contributed by atoms with van der Waals surface area (Å²) in [6.45, 7) is 4.06. The van der Waals surface area contributed by atoms with Crippen molar-refractivity contribution in [1.29, 1.82) is 0 Å². The van der Waals surface area contributed by atoms with E-state index in [1.54, 1.807) is 18.3 Å². The smallest absolute Gasteiger partial charge is 0.259 e. The molecule has 0 saturated heterocycles.